The molecule has 60 heavy (non-hydrogen) atoms. The van der Waals surface area contributed by atoms with E-state index in [2.05, 4.69) is 150 Å². The average Bonchev–Trinajstić information content (AvgIpc) is 3.33. The number of anilines is 3. The van der Waals surface area contributed by atoms with Crippen LogP contribution in [0.25, 0.3) is 78.3 Å². The average molecular weight is 769 g/mol. The highest BCUT2D eigenvalue weighted by molar-refractivity contribution is 6.10. The number of hydrogen-bond donors (Lipinski definition) is 0. The van der Waals surface area contributed by atoms with E-state index in [4.69, 9.17) is 19.7 Å². The van der Waals surface area contributed by atoms with Crippen LogP contribution in [-0.4, -0.2) is 15.0 Å². The predicted molar refractivity (Wildman–Crippen MR) is 245 cm³/mol. The van der Waals surface area contributed by atoms with Gasteiger partial charge >= 0.3 is 0 Å². The lowest BCUT2D eigenvalue weighted by molar-refractivity contribution is 0.489. The highest BCUT2D eigenvalue weighted by atomic mass is 16.5. The molecule has 282 valence electrons. The fraction of sp³-hybridized carbons (Fsp3) is 0. The molecule has 10 aromatic rings. The number of aromatic nitrogens is 3. The molecule has 0 N–H and O–H groups in total. The lowest BCUT2D eigenvalue weighted by atomic mass is 9.88. The summed E-state index contributed by atoms with van der Waals surface area (Å²) in [5.41, 5.74) is 12.7. The summed E-state index contributed by atoms with van der Waals surface area (Å²) in [6.07, 6.45) is 0. The summed E-state index contributed by atoms with van der Waals surface area (Å²) in [6, 6.07) is 75.7. The number of fused-ring (bicyclic) bond motifs is 2. The molecule has 11 rings (SSSR count). The fourth-order valence-corrected chi connectivity index (χ4v) is 8.26. The minimum absolute atomic E-state index is 0.631. The summed E-state index contributed by atoms with van der Waals surface area (Å²) >= 11 is 0. The Balaban J connectivity index is 0.937. The second kappa shape index (κ2) is 15.0. The molecule has 9 aromatic carbocycles. The Kier molecular flexibility index (Phi) is 8.75. The molecule has 0 spiro atoms. The minimum atomic E-state index is 0.631. The molecule has 0 aliphatic carbocycles. The molecule has 1 aromatic heterocycles. The molecular weight excluding hydrogens is 733 g/mol. The predicted octanol–water partition coefficient (Wildman–Crippen LogP) is 14.6. The van der Waals surface area contributed by atoms with Crippen LogP contribution in [0.15, 0.2) is 218 Å². The maximum atomic E-state index is 6.88. The van der Waals surface area contributed by atoms with Crippen LogP contribution in [0.1, 0.15) is 0 Å². The van der Waals surface area contributed by atoms with Crippen molar-refractivity contribution in [3.05, 3.63) is 218 Å². The van der Waals surface area contributed by atoms with E-state index >= 15 is 0 Å². The molecule has 5 heteroatoms. The Labute approximate surface area is 348 Å². The molecule has 1 aliphatic rings. The van der Waals surface area contributed by atoms with E-state index in [1.165, 1.54) is 0 Å². The molecular formula is C55H36N4O. The van der Waals surface area contributed by atoms with Gasteiger partial charge in [0.05, 0.1) is 0 Å². The molecule has 5 nitrogen and oxygen atoms in total. The van der Waals surface area contributed by atoms with Crippen LogP contribution in [0.2, 0.25) is 0 Å². The number of ether oxygens (including phenoxy) is 1. The van der Waals surface area contributed by atoms with Crippen LogP contribution in [-0.2, 0) is 0 Å². The first-order chi connectivity index (χ1) is 29.7. The molecule has 0 saturated heterocycles. The molecule has 2 heterocycles. The van der Waals surface area contributed by atoms with E-state index in [1.807, 2.05) is 72.8 Å². The van der Waals surface area contributed by atoms with Crippen molar-refractivity contribution >= 4 is 27.8 Å². The number of rotatable bonds is 8. The zero-order chi connectivity index (χ0) is 39.8. The first kappa shape index (κ1) is 35.0. The monoisotopic (exact) mass is 768 g/mol. The Morgan fingerprint density at radius 1 is 0.300 bits per heavy atom. The van der Waals surface area contributed by atoms with Crippen LogP contribution >= 0.6 is 0 Å². The normalized spacial score (nSPS) is 11.5. The van der Waals surface area contributed by atoms with Crippen molar-refractivity contribution in [1.29, 1.82) is 0 Å². The van der Waals surface area contributed by atoms with Crippen LogP contribution in [0.5, 0.6) is 11.5 Å². The van der Waals surface area contributed by atoms with E-state index < -0.39 is 0 Å². The van der Waals surface area contributed by atoms with E-state index in [-0.39, 0.29) is 0 Å². The summed E-state index contributed by atoms with van der Waals surface area (Å²) < 4.78 is 6.88. The SMILES string of the molecule is c1ccc(-c2nc(-c3ccccc3)nc(-c3ccc(-c4ccc5c6c(cccc46)-c4cccc(-c6ccc(N(c7ccccc7)c7ccccc7)cc6)c4O5)cc3)n2)cc1. The van der Waals surface area contributed by atoms with E-state index in [0.29, 0.717) is 17.5 Å². The highest BCUT2D eigenvalue weighted by Crippen LogP contribution is 2.52. The van der Waals surface area contributed by atoms with E-state index in [0.717, 1.165) is 89.4 Å². The summed E-state index contributed by atoms with van der Waals surface area (Å²) in [7, 11) is 0. The van der Waals surface area contributed by atoms with Crippen molar-refractivity contribution in [1.82, 2.24) is 15.0 Å². The molecule has 0 unspecified atom stereocenters. The fourth-order valence-electron chi connectivity index (χ4n) is 8.26. The van der Waals surface area contributed by atoms with Gasteiger partial charge in [-0.25, -0.2) is 15.0 Å². The number of hydrogen-bond acceptors (Lipinski definition) is 5. The Bertz CT molecular complexity index is 3040. The Hall–Kier alpha value is -8.15. The number of benzene rings is 9. The van der Waals surface area contributed by atoms with Crippen LogP contribution < -0.4 is 9.64 Å². The van der Waals surface area contributed by atoms with Gasteiger partial charge in [0.2, 0.25) is 0 Å². The smallest absolute Gasteiger partial charge is 0.164 e. The van der Waals surface area contributed by atoms with Gasteiger partial charge in [-0.15, -0.1) is 0 Å². The third-order valence-corrected chi connectivity index (χ3v) is 11.1. The van der Waals surface area contributed by atoms with Crippen molar-refractivity contribution in [2.75, 3.05) is 4.90 Å². The maximum Gasteiger partial charge on any atom is 0.164 e. The van der Waals surface area contributed by atoms with Gasteiger partial charge in [0.1, 0.15) is 11.5 Å². The van der Waals surface area contributed by atoms with Gasteiger partial charge in [0.25, 0.3) is 0 Å². The molecule has 0 fully saturated rings. The second-order valence-electron chi connectivity index (χ2n) is 14.8. The van der Waals surface area contributed by atoms with Gasteiger partial charge in [-0.2, -0.15) is 0 Å². The van der Waals surface area contributed by atoms with Crippen molar-refractivity contribution < 1.29 is 4.74 Å². The third kappa shape index (κ3) is 6.35. The Morgan fingerprint density at radius 3 is 1.32 bits per heavy atom. The van der Waals surface area contributed by atoms with Gasteiger partial charge in [0.15, 0.2) is 17.5 Å². The number of nitrogens with zero attached hydrogens (tertiary/aromatic N) is 4. The summed E-state index contributed by atoms with van der Waals surface area (Å²) in [5, 5.41) is 2.25. The quantitative estimate of drug-likeness (QED) is 0.154. The largest absolute Gasteiger partial charge is 0.455 e. The lowest BCUT2D eigenvalue weighted by Gasteiger charge is -2.26. The molecule has 0 atom stereocenters. The molecule has 0 amide bonds. The third-order valence-electron chi connectivity index (χ3n) is 11.1. The summed E-state index contributed by atoms with van der Waals surface area (Å²) in [5.74, 6) is 3.64. The van der Waals surface area contributed by atoms with Crippen molar-refractivity contribution in [3.63, 3.8) is 0 Å². The zero-order valence-corrected chi connectivity index (χ0v) is 32.5. The van der Waals surface area contributed by atoms with Gasteiger partial charge in [-0.3, -0.25) is 0 Å². The maximum absolute atomic E-state index is 6.88. The van der Waals surface area contributed by atoms with Crippen molar-refractivity contribution in [3.8, 4) is 79.0 Å². The van der Waals surface area contributed by atoms with E-state index in [1.54, 1.807) is 0 Å². The summed E-state index contributed by atoms with van der Waals surface area (Å²) in [6.45, 7) is 0. The molecule has 0 bridgehead atoms. The number of para-hydroxylation sites is 3. The highest BCUT2D eigenvalue weighted by Gasteiger charge is 2.25. The van der Waals surface area contributed by atoms with Gasteiger partial charge < -0.3 is 9.64 Å². The minimum Gasteiger partial charge on any atom is -0.455 e. The van der Waals surface area contributed by atoms with Crippen LogP contribution in [0, 0.1) is 0 Å². The second-order valence-corrected chi connectivity index (χ2v) is 14.8. The van der Waals surface area contributed by atoms with Gasteiger partial charge in [0, 0.05) is 50.3 Å². The molecule has 1 aliphatic heterocycles. The molecule has 0 radical (unpaired) electrons. The first-order valence-corrected chi connectivity index (χ1v) is 20.1. The standard InChI is InChI=1S/C55H36N4O/c1-5-15-39(16-6-1)53-56-54(40-17-7-2-8-18-40)58-55(57-53)41-29-27-37(28-30-41)45-35-36-50-51-47(45)24-14-25-48(51)49-26-13-23-46(52(49)60-50)38-31-33-44(34-32-38)59(42-19-9-3-10-20-42)43-21-11-4-12-22-43/h1-36H. The van der Waals surface area contributed by atoms with Crippen LogP contribution in [0.4, 0.5) is 17.1 Å². The van der Waals surface area contributed by atoms with Crippen LogP contribution in [0.3, 0.4) is 0 Å². The van der Waals surface area contributed by atoms with E-state index in [9.17, 15) is 0 Å². The zero-order valence-electron chi connectivity index (χ0n) is 32.5. The van der Waals surface area contributed by atoms with Gasteiger partial charge in [-0.05, 0) is 70.1 Å². The molecule has 0 saturated carbocycles. The lowest BCUT2D eigenvalue weighted by Crippen LogP contribution is -2.09. The van der Waals surface area contributed by atoms with Crippen molar-refractivity contribution in [2.45, 2.75) is 0 Å². The first-order valence-electron chi connectivity index (χ1n) is 20.1. The van der Waals surface area contributed by atoms with Gasteiger partial charge in [-0.1, -0.05) is 176 Å². The topological polar surface area (TPSA) is 51.1 Å². The Morgan fingerprint density at radius 2 is 0.733 bits per heavy atom. The summed E-state index contributed by atoms with van der Waals surface area (Å²) in [4.78, 5) is 17.0. The van der Waals surface area contributed by atoms with Crippen molar-refractivity contribution in [2.24, 2.45) is 0 Å².